The van der Waals surface area contributed by atoms with Crippen LogP contribution in [0.4, 0.5) is 4.39 Å². The molecule has 0 fully saturated rings. The lowest BCUT2D eigenvalue weighted by molar-refractivity contribution is 0.482. The average molecular weight is 266 g/mol. The normalized spacial score (nSPS) is 10.4. The first-order chi connectivity index (χ1) is 6.29. The van der Waals surface area contributed by atoms with Gasteiger partial charge in [-0.05, 0) is 30.0 Å². The minimum atomic E-state index is -0.406. The fourth-order valence-corrected chi connectivity index (χ4v) is 1.99. The predicted octanol–water partition coefficient (Wildman–Crippen LogP) is 4.09. The zero-order valence-electron chi connectivity index (χ0n) is 7.19. The molecule has 1 rings (SSSR count). The summed E-state index contributed by atoms with van der Waals surface area (Å²) in [5.41, 5.74) is 1.81. The number of rotatable bonds is 4. The predicted molar refractivity (Wildman–Crippen MR) is 58.0 cm³/mol. The SMILES string of the molecule is FCc1cccc(Br)c1CCCCl. The maximum absolute atomic E-state index is 12.5. The van der Waals surface area contributed by atoms with E-state index < -0.39 is 6.67 Å². The van der Waals surface area contributed by atoms with Gasteiger partial charge >= 0.3 is 0 Å². The monoisotopic (exact) mass is 264 g/mol. The Morgan fingerprint density at radius 2 is 2.15 bits per heavy atom. The lowest BCUT2D eigenvalue weighted by Crippen LogP contribution is -1.94. The first-order valence-corrected chi connectivity index (χ1v) is 5.50. The molecule has 0 aliphatic rings. The molecule has 0 saturated heterocycles. The van der Waals surface area contributed by atoms with Gasteiger partial charge in [0.2, 0.25) is 0 Å². The molecule has 3 heteroatoms. The molecule has 0 nitrogen and oxygen atoms in total. The molecule has 0 atom stereocenters. The van der Waals surface area contributed by atoms with E-state index >= 15 is 0 Å². The Morgan fingerprint density at radius 1 is 1.38 bits per heavy atom. The number of benzene rings is 1. The number of hydrogen-bond acceptors (Lipinski definition) is 0. The zero-order valence-corrected chi connectivity index (χ0v) is 9.54. The van der Waals surface area contributed by atoms with Crippen LogP contribution in [0.3, 0.4) is 0 Å². The van der Waals surface area contributed by atoms with Crippen molar-refractivity contribution in [1.29, 1.82) is 0 Å². The van der Waals surface area contributed by atoms with Gasteiger partial charge in [-0.15, -0.1) is 11.6 Å². The lowest BCUT2D eigenvalue weighted by atomic mass is 10.0. The van der Waals surface area contributed by atoms with Crippen molar-refractivity contribution in [3.63, 3.8) is 0 Å². The van der Waals surface area contributed by atoms with E-state index in [2.05, 4.69) is 15.9 Å². The first-order valence-electron chi connectivity index (χ1n) is 4.17. The van der Waals surface area contributed by atoms with E-state index in [0.717, 1.165) is 28.4 Å². The molecular weight excluding hydrogens is 254 g/mol. The third kappa shape index (κ3) is 2.96. The summed E-state index contributed by atoms with van der Waals surface area (Å²) >= 11 is 9.00. The van der Waals surface area contributed by atoms with Gasteiger partial charge in [0.15, 0.2) is 0 Å². The standard InChI is InChI=1S/C10H11BrClF/c11-10-5-1-3-8(7-13)9(10)4-2-6-12/h1,3,5H,2,4,6-7H2. The summed E-state index contributed by atoms with van der Waals surface area (Å²) in [6.07, 6.45) is 1.72. The van der Waals surface area contributed by atoms with Gasteiger partial charge < -0.3 is 0 Å². The Hall–Kier alpha value is -0.0800. The van der Waals surface area contributed by atoms with Gasteiger partial charge in [-0.3, -0.25) is 0 Å². The van der Waals surface area contributed by atoms with Gasteiger partial charge in [0.1, 0.15) is 6.67 Å². The van der Waals surface area contributed by atoms with Crippen molar-refractivity contribution in [3.05, 3.63) is 33.8 Å². The molecule has 0 saturated carbocycles. The van der Waals surface area contributed by atoms with Crippen molar-refractivity contribution in [2.45, 2.75) is 19.5 Å². The molecule has 0 bridgehead atoms. The van der Waals surface area contributed by atoms with Gasteiger partial charge in [-0.25, -0.2) is 4.39 Å². The minimum absolute atomic E-state index is 0.406. The largest absolute Gasteiger partial charge is 0.246 e. The molecule has 0 aliphatic heterocycles. The molecule has 0 unspecified atom stereocenters. The average Bonchev–Trinajstić information content (AvgIpc) is 2.15. The van der Waals surface area contributed by atoms with Crippen LogP contribution in [-0.2, 0) is 13.1 Å². The Labute approximate surface area is 91.2 Å². The van der Waals surface area contributed by atoms with Crippen molar-refractivity contribution in [1.82, 2.24) is 0 Å². The van der Waals surface area contributed by atoms with E-state index in [0.29, 0.717) is 5.88 Å². The molecule has 0 amide bonds. The summed E-state index contributed by atoms with van der Waals surface area (Å²) in [5.74, 6) is 0.618. The van der Waals surface area contributed by atoms with Crippen molar-refractivity contribution in [2.24, 2.45) is 0 Å². The Kier molecular flexibility index (Phi) is 4.74. The summed E-state index contributed by atoms with van der Waals surface area (Å²) in [7, 11) is 0. The molecule has 72 valence electrons. The molecule has 0 aliphatic carbocycles. The van der Waals surface area contributed by atoms with E-state index in [1.54, 1.807) is 0 Å². The Morgan fingerprint density at radius 3 is 2.77 bits per heavy atom. The summed E-state index contributed by atoms with van der Waals surface area (Å²) in [5, 5.41) is 0. The van der Waals surface area contributed by atoms with Crippen LogP contribution in [0.25, 0.3) is 0 Å². The van der Waals surface area contributed by atoms with E-state index in [4.69, 9.17) is 11.6 Å². The molecule has 0 spiro atoms. The second-order valence-corrected chi connectivity index (χ2v) is 4.04. The summed E-state index contributed by atoms with van der Waals surface area (Å²) in [6, 6.07) is 5.60. The molecule has 0 radical (unpaired) electrons. The lowest BCUT2D eigenvalue weighted by Gasteiger charge is -2.07. The molecule has 0 aromatic heterocycles. The van der Waals surface area contributed by atoms with Gasteiger partial charge in [-0.2, -0.15) is 0 Å². The van der Waals surface area contributed by atoms with Gasteiger partial charge in [0, 0.05) is 10.4 Å². The van der Waals surface area contributed by atoms with Crippen molar-refractivity contribution < 1.29 is 4.39 Å². The quantitative estimate of drug-likeness (QED) is 0.719. The minimum Gasteiger partial charge on any atom is -0.246 e. The van der Waals surface area contributed by atoms with Crippen molar-refractivity contribution in [3.8, 4) is 0 Å². The number of alkyl halides is 2. The van der Waals surface area contributed by atoms with E-state index in [9.17, 15) is 4.39 Å². The van der Waals surface area contributed by atoms with Crippen LogP contribution < -0.4 is 0 Å². The van der Waals surface area contributed by atoms with Crippen LogP contribution in [0.15, 0.2) is 22.7 Å². The third-order valence-corrected chi connectivity index (χ3v) is 2.93. The highest BCUT2D eigenvalue weighted by Crippen LogP contribution is 2.23. The van der Waals surface area contributed by atoms with E-state index in [1.807, 2.05) is 18.2 Å². The van der Waals surface area contributed by atoms with Crippen LogP contribution in [0.5, 0.6) is 0 Å². The smallest absolute Gasteiger partial charge is 0.115 e. The van der Waals surface area contributed by atoms with Crippen molar-refractivity contribution in [2.75, 3.05) is 5.88 Å². The van der Waals surface area contributed by atoms with Crippen LogP contribution in [0.2, 0.25) is 0 Å². The molecule has 13 heavy (non-hydrogen) atoms. The highest BCUT2D eigenvalue weighted by atomic mass is 79.9. The summed E-state index contributed by atoms with van der Waals surface area (Å²) in [6.45, 7) is -0.406. The highest BCUT2D eigenvalue weighted by Gasteiger charge is 2.05. The fraction of sp³-hybridized carbons (Fsp3) is 0.400. The van der Waals surface area contributed by atoms with Crippen LogP contribution in [0.1, 0.15) is 17.5 Å². The van der Waals surface area contributed by atoms with Gasteiger partial charge in [0.25, 0.3) is 0 Å². The van der Waals surface area contributed by atoms with Gasteiger partial charge in [-0.1, -0.05) is 28.1 Å². The Balaban J connectivity index is 2.87. The summed E-state index contributed by atoms with van der Waals surface area (Å²) in [4.78, 5) is 0. The van der Waals surface area contributed by atoms with Crippen LogP contribution in [0, 0.1) is 0 Å². The molecule has 0 N–H and O–H groups in total. The first kappa shape index (κ1) is 11.0. The van der Waals surface area contributed by atoms with Gasteiger partial charge in [0.05, 0.1) is 0 Å². The van der Waals surface area contributed by atoms with Crippen LogP contribution >= 0.6 is 27.5 Å². The topological polar surface area (TPSA) is 0 Å². The molecule has 1 aromatic rings. The molecule has 1 aromatic carbocycles. The fourth-order valence-electron chi connectivity index (χ4n) is 1.25. The second kappa shape index (κ2) is 5.61. The molecular formula is C10H11BrClF. The third-order valence-electron chi connectivity index (χ3n) is 1.92. The maximum atomic E-state index is 12.5. The van der Waals surface area contributed by atoms with E-state index in [1.165, 1.54) is 0 Å². The summed E-state index contributed by atoms with van der Waals surface area (Å²) < 4.78 is 13.5. The second-order valence-electron chi connectivity index (χ2n) is 2.80. The molecule has 0 heterocycles. The number of halogens is 3. The van der Waals surface area contributed by atoms with Crippen molar-refractivity contribution >= 4 is 27.5 Å². The van der Waals surface area contributed by atoms with Crippen LogP contribution in [-0.4, -0.2) is 5.88 Å². The Bertz CT molecular complexity index is 276. The van der Waals surface area contributed by atoms with E-state index in [-0.39, 0.29) is 0 Å². The number of hydrogen-bond donors (Lipinski definition) is 0. The maximum Gasteiger partial charge on any atom is 0.115 e. The highest BCUT2D eigenvalue weighted by molar-refractivity contribution is 9.10. The zero-order chi connectivity index (χ0) is 9.68.